The molecule has 2 atom stereocenters. The molecule has 230 valence electrons. The van der Waals surface area contributed by atoms with Gasteiger partial charge in [-0.05, 0) is 48.2 Å². The van der Waals surface area contributed by atoms with Gasteiger partial charge in [0.15, 0.2) is 11.5 Å². The molecule has 3 aromatic rings. The molecule has 0 spiro atoms. The Morgan fingerprint density at radius 1 is 1.14 bits per heavy atom. The second kappa shape index (κ2) is 14.5. The second-order valence-electron chi connectivity index (χ2n) is 10.9. The number of ether oxygens (including phenoxy) is 4. The van der Waals surface area contributed by atoms with Crippen molar-refractivity contribution >= 4 is 11.9 Å². The van der Waals surface area contributed by atoms with Crippen LogP contribution in [0, 0.1) is 0 Å². The number of benzene rings is 2. The molecule has 1 saturated heterocycles. The smallest absolute Gasteiger partial charge is 0.354 e. The molecule has 1 aromatic heterocycles. The van der Waals surface area contributed by atoms with Gasteiger partial charge >= 0.3 is 5.97 Å². The predicted octanol–water partition coefficient (Wildman–Crippen LogP) is 3.04. The molecule has 12 heteroatoms. The number of carbonyl (C=O) groups is 2. The highest BCUT2D eigenvalue weighted by atomic mass is 16.5. The highest BCUT2D eigenvalue weighted by Crippen LogP contribution is 2.33. The molecule has 2 aliphatic heterocycles. The first-order valence-corrected chi connectivity index (χ1v) is 14.5. The molecule has 0 aliphatic carbocycles. The van der Waals surface area contributed by atoms with E-state index in [0.717, 1.165) is 17.5 Å². The van der Waals surface area contributed by atoms with Gasteiger partial charge in [0.25, 0.3) is 0 Å². The van der Waals surface area contributed by atoms with Crippen molar-refractivity contribution in [2.24, 2.45) is 0 Å². The van der Waals surface area contributed by atoms with E-state index < -0.39 is 5.97 Å². The number of carboxylic acids is 1. The minimum absolute atomic E-state index is 0.0795. The normalized spacial score (nSPS) is 20.1. The molecule has 12 nitrogen and oxygen atoms in total. The van der Waals surface area contributed by atoms with E-state index in [2.05, 4.69) is 25.3 Å². The van der Waals surface area contributed by atoms with Gasteiger partial charge in [0.05, 0.1) is 38.6 Å². The average molecular weight is 594 g/mol. The van der Waals surface area contributed by atoms with Gasteiger partial charge in [-0.1, -0.05) is 18.2 Å². The van der Waals surface area contributed by atoms with Crippen LogP contribution in [0.1, 0.15) is 40.0 Å². The molecule has 43 heavy (non-hydrogen) atoms. The number of aromatic nitrogens is 2. The zero-order valence-electron chi connectivity index (χ0n) is 24.6. The van der Waals surface area contributed by atoms with E-state index in [1.165, 1.54) is 0 Å². The zero-order valence-corrected chi connectivity index (χ0v) is 24.6. The first-order valence-electron chi connectivity index (χ1n) is 14.5. The Bertz CT molecular complexity index is 1400. The van der Waals surface area contributed by atoms with Crippen molar-refractivity contribution in [1.82, 2.24) is 25.3 Å². The lowest BCUT2D eigenvalue weighted by molar-refractivity contribution is -0.125. The van der Waals surface area contributed by atoms with Gasteiger partial charge in [-0.25, -0.2) is 4.79 Å². The zero-order chi connectivity index (χ0) is 30.2. The number of aromatic amines is 1. The Morgan fingerprint density at radius 3 is 2.84 bits per heavy atom. The molecule has 3 heterocycles. The number of H-pyrrole nitrogens is 1. The molecule has 2 aliphatic rings. The van der Waals surface area contributed by atoms with E-state index >= 15 is 0 Å². The third kappa shape index (κ3) is 8.11. The standard InChI is InChI=1S/C31H39N5O7/c1-40-12-4-10-35-16-21-7-8-27(41-2)28(14-21)43-24-6-3-5-22(13-24)20-42-26-9-11-36(18-25(26)33-29(37)19-35)17-23-15-32-34-30(23)31(38)39/h3,5-8,13-15,25-26H,4,9-12,16-20H2,1-2H3,(H,32,34)(H,33,37)(H,38,39)/t25-,26+/m0/s1. The van der Waals surface area contributed by atoms with Gasteiger partial charge in [-0.15, -0.1) is 0 Å². The van der Waals surface area contributed by atoms with Crippen molar-refractivity contribution in [3.05, 3.63) is 71.0 Å². The van der Waals surface area contributed by atoms with Gasteiger partial charge in [-0.2, -0.15) is 5.10 Å². The molecular weight excluding hydrogens is 554 g/mol. The number of likely N-dealkylation sites (tertiary alicyclic amines) is 1. The number of fused-ring (bicyclic) bond motifs is 5. The van der Waals surface area contributed by atoms with E-state index in [-0.39, 0.29) is 30.3 Å². The van der Waals surface area contributed by atoms with Crippen LogP contribution in [0.25, 0.3) is 0 Å². The monoisotopic (exact) mass is 593 g/mol. The SMILES string of the molecule is COCCCN1CC(=O)N[C@H]2CN(Cc3cn[nH]c3C(=O)O)CC[C@H]2OCc2cccc(c2)Oc2cc(ccc2OC)C1. The Balaban J connectivity index is 1.40. The van der Waals surface area contributed by atoms with Gasteiger partial charge in [0.2, 0.25) is 5.91 Å². The fourth-order valence-corrected chi connectivity index (χ4v) is 5.63. The molecule has 0 unspecified atom stereocenters. The van der Waals surface area contributed by atoms with E-state index in [1.54, 1.807) is 20.4 Å². The number of hydrogen-bond donors (Lipinski definition) is 3. The van der Waals surface area contributed by atoms with Crippen molar-refractivity contribution in [1.29, 1.82) is 0 Å². The summed E-state index contributed by atoms with van der Waals surface area (Å²) in [5, 5.41) is 19.2. The Morgan fingerprint density at radius 2 is 2.02 bits per heavy atom. The number of nitrogens with one attached hydrogen (secondary N) is 2. The average Bonchev–Trinajstić information content (AvgIpc) is 3.45. The van der Waals surface area contributed by atoms with Crippen LogP contribution in [-0.2, 0) is 34.0 Å². The van der Waals surface area contributed by atoms with Crippen LogP contribution in [0.15, 0.2) is 48.7 Å². The lowest BCUT2D eigenvalue weighted by Crippen LogP contribution is -2.57. The number of methoxy groups -OCH3 is 2. The number of piperidine rings is 1. The summed E-state index contributed by atoms with van der Waals surface area (Å²) < 4.78 is 23.5. The Kier molecular flexibility index (Phi) is 10.3. The van der Waals surface area contributed by atoms with E-state index in [4.69, 9.17) is 18.9 Å². The summed E-state index contributed by atoms with van der Waals surface area (Å²) in [5.41, 5.74) is 2.62. The number of aromatic carboxylic acids is 1. The minimum atomic E-state index is -1.05. The Labute approximate surface area is 250 Å². The van der Waals surface area contributed by atoms with Crippen LogP contribution in [0.4, 0.5) is 0 Å². The summed E-state index contributed by atoms with van der Waals surface area (Å²) in [7, 11) is 3.28. The van der Waals surface area contributed by atoms with Gasteiger partial charge in [0, 0.05) is 52.0 Å². The van der Waals surface area contributed by atoms with Crippen LogP contribution in [0.2, 0.25) is 0 Å². The molecule has 5 rings (SSSR count). The number of hydrogen-bond acceptors (Lipinski definition) is 9. The van der Waals surface area contributed by atoms with Crippen molar-refractivity contribution in [3.8, 4) is 17.2 Å². The number of amides is 1. The quantitative estimate of drug-likeness (QED) is 0.334. The highest BCUT2D eigenvalue weighted by Gasteiger charge is 2.32. The molecule has 4 bridgehead atoms. The molecule has 0 radical (unpaired) electrons. The van der Waals surface area contributed by atoms with Crippen molar-refractivity contribution in [3.63, 3.8) is 0 Å². The molecule has 1 fully saturated rings. The summed E-state index contributed by atoms with van der Waals surface area (Å²) in [5.74, 6) is 0.742. The molecule has 3 N–H and O–H groups in total. The molecular formula is C31H39N5O7. The maximum atomic E-state index is 13.5. The number of rotatable bonds is 8. The summed E-state index contributed by atoms with van der Waals surface area (Å²) in [4.78, 5) is 29.3. The summed E-state index contributed by atoms with van der Waals surface area (Å²) in [6, 6.07) is 13.3. The van der Waals surface area contributed by atoms with Crippen LogP contribution >= 0.6 is 0 Å². The summed E-state index contributed by atoms with van der Waals surface area (Å²) in [6.07, 6.45) is 2.76. The highest BCUT2D eigenvalue weighted by molar-refractivity contribution is 5.86. The second-order valence-corrected chi connectivity index (χ2v) is 10.9. The number of nitrogens with zero attached hydrogens (tertiary/aromatic N) is 3. The minimum Gasteiger partial charge on any atom is -0.493 e. The van der Waals surface area contributed by atoms with Crippen LogP contribution in [0.3, 0.4) is 0 Å². The van der Waals surface area contributed by atoms with Gasteiger partial charge < -0.3 is 29.4 Å². The lowest BCUT2D eigenvalue weighted by atomic mass is 10.0. The summed E-state index contributed by atoms with van der Waals surface area (Å²) >= 11 is 0. The third-order valence-corrected chi connectivity index (χ3v) is 7.72. The van der Waals surface area contributed by atoms with E-state index in [1.807, 2.05) is 42.5 Å². The van der Waals surface area contributed by atoms with Crippen LogP contribution < -0.4 is 14.8 Å². The van der Waals surface area contributed by atoms with Gasteiger partial charge in [0.1, 0.15) is 11.4 Å². The van der Waals surface area contributed by atoms with Crippen LogP contribution in [0.5, 0.6) is 17.2 Å². The molecule has 0 saturated carbocycles. The predicted molar refractivity (Wildman–Crippen MR) is 157 cm³/mol. The lowest BCUT2D eigenvalue weighted by Gasteiger charge is -2.39. The number of carboxylic acid groups (broad SMARTS) is 1. The van der Waals surface area contributed by atoms with E-state index in [9.17, 15) is 14.7 Å². The van der Waals surface area contributed by atoms with Gasteiger partial charge in [-0.3, -0.25) is 19.7 Å². The fourth-order valence-electron chi connectivity index (χ4n) is 5.63. The van der Waals surface area contributed by atoms with Crippen molar-refractivity contribution in [2.45, 2.75) is 44.7 Å². The van der Waals surface area contributed by atoms with Crippen molar-refractivity contribution in [2.75, 3.05) is 47.0 Å². The van der Waals surface area contributed by atoms with E-state index in [0.29, 0.717) is 75.2 Å². The fraction of sp³-hybridized carbons (Fsp3) is 0.452. The number of carbonyl (C=O) groups excluding carboxylic acids is 1. The topological polar surface area (TPSA) is 138 Å². The Hall–Kier alpha value is -3.97. The maximum Gasteiger partial charge on any atom is 0.354 e. The van der Waals surface area contributed by atoms with Crippen LogP contribution in [-0.4, -0.2) is 96.1 Å². The van der Waals surface area contributed by atoms with Crippen molar-refractivity contribution < 1.29 is 33.6 Å². The largest absolute Gasteiger partial charge is 0.493 e. The first kappa shape index (κ1) is 30.5. The summed E-state index contributed by atoms with van der Waals surface area (Å²) in [6.45, 7) is 3.92. The molecule has 1 amide bonds. The third-order valence-electron chi connectivity index (χ3n) is 7.72. The molecule has 2 aromatic carbocycles. The maximum absolute atomic E-state index is 13.5. The first-order chi connectivity index (χ1) is 20.9.